The van der Waals surface area contributed by atoms with Crippen molar-refractivity contribution in [1.29, 1.82) is 0 Å². The van der Waals surface area contributed by atoms with E-state index in [-0.39, 0.29) is 18.2 Å². The van der Waals surface area contributed by atoms with Gasteiger partial charge in [0.2, 0.25) is 0 Å². The molecule has 2 amide bonds. The molecule has 1 aliphatic heterocycles. The van der Waals surface area contributed by atoms with Gasteiger partial charge in [0.05, 0.1) is 13.2 Å². The predicted molar refractivity (Wildman–Crippen MR) is 80.0 cm³/mol. The lowest BCUT2D eigenvalue weighted by atomic mass is 10.1. The number of halogens is 1. The first-order chi connectivity index (χ1) is 9.60. The monoisotopic (exact) mass is 296 g/mol. The number of ether oxygens (including phenoxy) is 1. The summed E-state index contributed by atoms with van der Waals surface area (Å²) < 4.78 is 5.75. The molecule has 0 bridgehead atoms. The second kappa shape index (κ2) is 6.95. The van der Waals surface area contributed by atoms with Crippen LogP contribution in [0, 0.1) is 0 Å². The SMILES string of the molecule is CCC(C)NC(=O)N1CCOC(c2ccc(Cl)cc2)C1. The number of nitrogens with one attached hydrogen (secondary N) is 1. The van der Waals surface area contributed by atoms with E-state index in [4.69, 9.17) is 16.3 Å². The molecule has 2 unspecified atom stereocenters. The van der Waals surface area contributed by atoms with E-state index in [0.29, 0.717) is 24.7 Å². The van der Waals surface area contributed by atoms with E-state index in [1.54, 1.807) is 0 Å². The zero-order valence-corrected chi connectivity index (χ0v) is 12.7. The Labute approximate surface area is 125 Å². The number of hydrogen-bond donors (Lipinski definition) is 1. The van der Waals surface area contributed by atoms with Crippen LogP contribution in [0.2, 0.25) is 5.02 Å². The summed E-state index contributed by atoms with van der Waals surface area (Å²) in [6.45, 7) is 5.83. The second-order valence-electron chi connectivity index (χ2n) is 5.12. The van der Waals surface area contributed by atoms with E-state index in [1.807, 2.05) is 36.1 Å². The molecule has 1 aromatic rings. The van der Waals surface area contributed by atoms with Gasteiger partial charge >= 0.3 is 6.03 Å². The normalized spacial score (nSPS) is 20.6. The van der Waals surface area contributed by atoms with Gasteiger partial charge < -0.3 is 15.0 Å². The van der Waals surface area contributed by atoms with Crippen LogP contribution in [0.25, 0.3) is 0 Å². The summed E-state index contributed by atoms with van der Waals surface area (Å²) in [7, 11) is 0. The second-order valence-corrected chi connectivity index (χ2v) is 5.55. The van der Waals surface area contributed by atoms with E-state index >= 15 is 0 Å². The molecule has 20 heavy (non-hydrogen) atoms. The molecule has 0 radical (unpaired) electrons. The lowest BCUT2D eigenvalue weighted by Crippen LogP contribution is -2.49. The van der Waals surface area contributed by atoms with Crippen molar-refractivity contribution in [3.63, 3.8) is 0 Å². The van der Waals surface area contributed by atoms with E-state index in [1.165, 1.54) is 0 Å². The molecule has 0 aromatic heterocycles. The van der Waals surface area contributed by atoms with Crippen LogP contribution in [-0.4, -0.2) is 36.7 Å². The molecule has 2 atom stereocenters. The van der Waals surface area contributed by atoms with Crippen LogP contribution in [0.1, 0.15) is 31.9 Å². The zero-order valence-electron chi connectivity index (χ0n) is 11.9. The number of benzene rings is 1. The molecule has 1 N–H and O–H groups in total. The minimum atomic E-state index is -0.0799. The molecule has 110 valence electrons. The van der Waals surface area contributed by atoms with Gasteiger partial charge in [0.25, 0.3) is 0 Å². The number of hydrogen-bond acceptors (Lipinski definition) is 2. The smallest absolute Gasteiger partial charge is 0.317 e. The highest BCUT2D eigenvalue weighted by Gasteiger charge is 2.25. The van der Waals surface area contributed by atoms with Crippen LogP contribution in [-0.2, 0) is 4.74 Å². The van der Waals surface area contributed by atoms with Crippen LogP contribution >= 0.6 is 11.6 Å². The van der Waals surface area contributed by atoms with Gasteiger partial charge in [-0.3, -0.25) is 0 Å². The molecule has 1 aliphatic rings. The molecule has 5 heteroatoms. The van der Waals surface area contributed by atoms with Crippen molar-refractivity contribution in [2.45, 2.75) is 32.4 Å². The summed E-state index contributed by atoms with van der Waals surface area (Å²) in [6, 6.07) is 7.77. The molecule has 1 heterocycles. The summed E-state index contributed by atoms with van der Waals surface area (Å²) in [5.74, 6) is 0. The fraction of sp³-hybridized carbons (Fsp3) is 0.533. The van der Waals surface area contributed by atoms with E-state index in [2.05, 4.69) is 12.2 Å². The Balaban J connectivity index is 1.97. The van der Waals surface area contributed by atoms with E-state index in [9.17, 15) is 4.79 Å². The van der Waals surface area contributed by atoms with Crippen molar-refractivity contribution in [2.75, 3.05) is 19.7 Å². The van der Waals surface area contributed by atoms with Gasteiger partial charge in [0, 0.05) is 17.6 Å². The summed E-state index contributed by atoms with van der Waals surface area (Å²) >= 11 is 5.89. The van der Waals surface area contributed by atoms with Crippen molar-refractivity contribution >= 4 is 17.6 Å². The summed E-state index contributed by atoms with van der Waals surface area (Å²) in [5.41, 5.74) is 1.05. The number of rotatable bonds is 3. The van der Waals surface area contributed by atoms with Crippen molar-refractivity contribution in [3.05, 3.63) is 34.9 Å². The largest absolute Gasteiger partial charge is 0.370 e. The number of nitrogens with zero attached hydrogens (tertiary/aromatic N) is 1. The number of carbonyl (C=O) groups excluding carboxylic acids is 1. The first-order valence-electron chi connectivity index (χ1n) is 7.02. The summed E-state index contributed by atoms with van der Waals surface area (Å²) in [5, 5.41) is 3.70. The Morgan fingerprint density at radius 2 is 2.20 bits per heavy atom. The highest BCUT2D eigenvalue weighted by molar-refractivity contribution is 6.30. The van der Waals surface area contributed by atoms with Gasteiger partial charge in [-0.25, -0.2) is 4.79 Å². The molecule has 1 aromatic carbocycles. The molecule has 0 aliphatic carbocycles. The number of morpholine rings is 1. The molecule has 2 rings (SSSR count). The highest BCUT2D eigenvalue weighted by atomic mass is 35.5. The van der Waals surface area contributed by atoms with E-state index < -0.39 is 0 Å². The van der Waals surface area contributed by atoms with Crippen LogP contribution < -0.4 is 5.32 Å². The van der Waals surface area contributed by atoms with Gasteiger partial charge in [-0.15, -0.1) is 0 Å². The Bertz CT molecular complexity index is 450. The number of carbonyl (C=O) groups is 1. The molecule has 1 fully saturated rings. The van der Waals surface area contributed by atoms with Gasteiger partial charge in [-0.2, -0.15) is 0 Å². The third-order valence-corrected chi connectivity index (χ3v) is 3.83. The topological polar surface area (TPSA) is 41.6 Å². The van der Waals surface area contributed by atoms with Gasteiger partial charge in [0.15, 0.2) is 0 Å². The molecule has 0 spiro atoms. The van der Waals surface area contributed by atoms with Gasteiger partial charge in [-0.05, 0) is 31.0 Å². The van der Waals surface area contributed by atoms with Gasteiger partial charge in [-0.1, -0.05) is 30.7 Å². The minimum absolute atomic E-state index is 0.0124. The first kappa shape index (κ1) is 15.1. The lowest BCUT2D eigenvalue weighted by Gasteiger charge is -2.34. The molecule has 4 nitrogen and oxygen atoms in total. The van der Waals surface area contributed by atoms with Crippen LogP contribution in [0.15, 0.2) is 24.3 Å². The third kappa shape index (κ3) is 3.87. The average molecular weight is 297 g/mol. The summed E-state index contributed by atoms with van der Waals surface area (Å²) in [6.07, 6.45) is 0.847. The van der Waals surface area contributed by atoms with Crippen molar-refractivity contribution < 1.29 is 9.53 Å². The molecular weight excluding hydrogens is 276 g/mol. The maximum absolute atomic E-state index is 12.1. The van der Waals surface area contributed by atoms with Crippen molar-refractivity contribution in [3.8, 4) is 0 Å². The van der Waals surface area contributed by atoms with Gasteiger partial charge in [0.1, 0.15) is 6.10 Å². The Morgan fingerprint density at radius 1 is 1.50 bits per heavy atom. The fourth-order valence-electron chi connectivity index (χ4n) is 2.12. The average Bonchev–Trinajstić information content (AvgIpc) is 2.48. The quantitative estimate of drug-likeness (QED) is 0.930. The summed E-state index contributed by atoms with van der Waals surface area (Å²) in [4.78, 5) is 14.0. The van der Waals surface area contributed by atoms with Crippen LogP contribution in [0.3, 0.4) is 0 Å². The maximum Gasteiger partial charge on any atom is 0.317 e. The first-order valence-corrected chi connectivity index (χ1v) is 7.40. The minimum Gasteiger partial charge on any atom is -0.370 e. The van der Waals surface area contributed by atoms with Crippen molar-refractivity contribution in [2.24, 2.45) is 0 Å². The van der Waals surface area contributed by atoms with Crippen molar-refractivity contribution in [1.82, 2.24) is 10.2 Å². The fourth-order valence-corrected chi connectivity index (χ4v) is 2.24. The zero-order chi connectivity index (χ0) is 14.5. The lowest BCUT2D eigenvalue weighted by molar-refractivity contribution is -0.0157. The Morgan fingerprint density at radius 3 is 2.85 bits per heavy atom. The van der Waals surface area contributed by atoms with Crippen LogP contribution in [0.5, 0.6) is 0 Å². The van der Waals surface area contributed by atoms with Crippen LogP contribution in [0.4, 0.5) is 4.79 Å². The standard InChI is InChI=1S/C15H21ClN2O2/c1-3-11(2)17-15(19)18-8-9-20-14(10-18)12-4-6-13(16)7-5-12/h4-7,11,14H,3,8-10H2,1-2H3,(H,17,19). The predicted octanol–water partition coefficient (Wildman–Crippen LogP) is 3.22. The van der Waals surface area contributed by atoms with E-state index in [0.717, 1.165) is 12.0 Å². The Hall–Kier alpha value is -1.26. The molecule has 1 saturated heterocycles. The third-order valence-electron chi connectivity index (χ3n) is 3.58. The maximum atomic E-state index is 12.1. The number of amides is 2. The Kier molecular flexibility index (Phi) is 5.26. The molecular formula is C15H21ClN2O2. The highest BCUT2D eigenvalue weighted by Crippen LogP contribution is 2.23. The molecule has 0 saturated carbocycles. The number of urea groups is 1.